The highest BCUT2D eigenvalue weighted by Crippen LogP contribution is 2.23. The smallest absolute Gasteiger partial charge is 0.225 e. The Labute approximate surface area is 106 Å². The van der Waals surface area contributed by atoms with Crippen LogP contribution in [0.1, 0.15) is 30.6 Å². The lowest BCUT2D eigenvalue weighted by molar-refractivity contribution is -0.120. The van der Waals surface area contributed by atoms with Crippen molar-refractivity contribution < 1.29 is 9.90 Å². The van der Waals surface area contributed by atoms with E-state index in [1.165, 1.54) is 0 Å². The van der Waals surface area contributed by atoms with Crippen LogP contribution < -0.4 is 5.32 Å². The molecule has 1 amide bonds. The van der Waals surface area contributed by atoms with Gasteiger partial charge in [0, 0.05) is 11.4 Å². The molecule has 17 heavy (non-hydrogen) atoms. The van der Waals surface area contributed by atoms with Crippen molar-refractivity contribution in [3.8, 4) is 0 Å². The average Bonchev–Trinajstić information content (AvgIpc) is 2.81. The van der Waals surface area contributed by atoms with Gasteiger partial charge in [-0.1, -0.05) is 6.07 Å². The summed E-state index contributed by atoms with van der Waals surface area (Å²) in [5, 5.41) is 14.4. The van der Waals surface area contributed by atoms with E-state index in [1.54, 1.807) is 11.3 Å². The normalized spacial score (nSPS) is 24.5. The Balaban J connectivity index is 1.66. The average molecular weight is 253 g/mol. The highest BCUT2D eigenvalue weighted by Gasteiger charge is 2.19. The van der Waals surface area contributed by atoms with Crippen LogP contribution in [0.15, 0.2) is 17.5 Å². The lowest BCUT2D eigenvalue weighted by Crippen LogP contribution is -2.32. The Kier molecular flexibility index (Phi) is 4.57. The zero-order valence-electron chi connectivity index (χ0n) is 9.89. The fourth-order valence-electron chi connectivity index (χ4n) is 2.24. The predicted molar refractivity (Wildman–Crippen MR) is 69.0 cm³/mol. The summed E-state index contributed by atoms with van der Waals surface area (Å²) >= 11 is 1.62. The van der Waals surface area contributed by atoms with E-state index in [0.717, 1.165) is 37.1 Å². The van der Waals surface area contributed by atoms with Crippen molar-refractivity contribution in [1.29, 1.82) is 0 Å². The van der Waals surface area contributed by atoms with Gasteiger partial charge in [0.05, 0.1) is 12.5 Å². The van der Waals surface area contributed by atoms with Crippen LogP contribution in [0, 0.1) is 5.92 Å². The molecule has 0 aliphatic heterocycles. The Morgan fingerprint density at radius 2 is 2.18 bits per heavy atom. The maximum Gasteiger partial charge on any atom is 0.225 e. The quantitative estimate of drug-likeness (QED) is 0.861. The van der Waals surface area contributed by atoms with Gasteiger partial charge in [0.1, 0.15) is 0 Å². The van der Waals surface area contributed by atoms with Crippen LogP contribution in [0.4, 0.5) is 0 Å². The van der Waals surface area contributed by atoms with E-state index in [0.29, 0.717) is 12.3 Å². The third-order valence-electron chi connectivity index (χ3n) is 3.32. The Hall–Kier alpha value is -0.870. The molecule has 1 aliphatic carbocycles. The minimum absolute atomic E-state index is 0.110. The largest absolute Gasteiger partial charge is 0.393 e. The van der Waals surface area contributed by atoms with Crippen molar-refractivity contribution in [3.05, 3.63) is 22.4 Å². The lowest BCUT2D eigenvalue weighted by Gasteiger charge is -2.25. The Bertz CT molecular complexity index is 342. The minimum atomic E-state index is -0.118. The molecule has 94 valence electrons. The molecule has 3 nitrogen and oxygen atoms in total. The minimum Gasteiger partial charge on any atom is -0.393 e. The van der Waals surface area contributed by atoms with Crippen LogP contribution in [-0.2, 0) is 11.2 Å². The number of carbonyl (C=O) groups excluding carboxylic acids is 1. The number of aliphatic hydroxyl groups excluding tert-OH is 1. The van der Waals surface area contributed by atoms with Gasteiger partial charge in [-0.05, 0) is 43.0 Å². The molecule has 0 unspecified atom stereocenters. The molecule has 0 aromatic carbocycles. The molecule has 1 heterocycles. The van der Waals surface area contributed by atoms with Crippen LogP contribution in [0.25, 0.3) is 0 Å². The van der Waals surface area contributed by atoms with Crippen LogP contribution in [0.5, 0.6) is 0 Å². The third kappa shape index (κ3) is 4.13. The van der Waals surface area contributed by atoms with Gasteiger partial charge in [-0.25, -0.2) is 0 Å². The molecule has 0 atom stereocenters. The second-order valence-electron chi connectivity index (χ2n) is 4.73. The summed E-state index contributed by atoms with van der Waals surface area (Å²) in [4.78, 5) is 12.8. The Morgan fingerprint density at radius 1 is 1.41 bits per heavy atom. The van der Waals surface area contributed by atoms with Gasteiger partial charge in [-0.15, -0.1) is 11.3 Å². The molecule has 0 spiro atoms. The summed E-state index contributed by atoms with van der Waals surface area (Å²) in [5.74, 6) is 0.657. The van der Waals surface area contributed by atoms with Crippen molar-refractivity contribution >= 4 is 17.2 Å². The van der Waals surface area contributed by atoms with Crippen molar-refractivity contribution in [1.82, 2.24) is 5.32 Å². The van der Waals surface area contributed by atoms with Crippen molar-refractivity contribution in [3.63, 3.8) is 0 Å². The van der Waals surface area contributed by atoms with E-state index in [2.05, 4.69) is 5.32 Å². The van der Waals surface area contributed by atoms with Crippen molar-refractivity contribution in [2.75, 3.05) is 6.54 Å². The first kappa shape index (κ1) is 12.6. The molecule has 1 saturated carbocycles. The summed E-state index contributed by atoms with van der Waals surface area (Å²) in [7, 11) is 0. The van der Waals surface area contributed by atoms with Crippen LogP contribution in [0.3, 0.4) is 0 Å². The van der Waals surface area contributed by atoms with Gasteiger partial charge in [-0.2, -0.15) is 0 Å². The molecule has 1 aromatic heterocycles. The van der Waals surface area contributed by atoms with E-state index in [-0.39, 0.29) is 12.0 Å². The number of aliphatic hydroxyl groups is 1. The molecule has 2 N–H and O–H groups in total. The number of hydrogen-bond donors (Lipinski definition) is 2. The van der Waals surface area contributed by atoms with E-state index < -0.39 is 0 Å². The van der Waals surface area contributed by atoms with Crippen molar-refractivity contribution in [2.24, 2.45) is 5.92 Å². The summed E-state index contributed by atoms with van der Waals surface area (Å²) in [6.07, 6.45) is 4.19. The molecule has 0 saturated heterocycles. The number of thiophene rings is 1. The zero-order valence-corrected chi connectivity index (χ0v) is 10.7. The molecule has 1 aliphatic rings. The molecule has 0 bridgehead atoms. The summed E-state index contributed by atoms with van der Waals surface area (Å²) in [6.45, 7) is 0.761. The van der Waals surface area contributed by atoms with E-state index in [1.807, 2.05) is 17.5 Å². The van der Waals surface area contributed by atoms with E-state index in [9.17, 15) is 9.90 Å². The van der Waals surface area contributed by atoms with Crippen LogP contribution in [0.2, 0.25) is 0 Å². The summed E-state index contributed by atoms with van der Waals surface area (Å²) < 4.78 is 0. The number of amides is 1. The number of carbonyl (C=O) groups is 1. The van der Waals surface area contributed by atoms with Gasteiger partial charge in [-0.3, -0.25) is 4.79 Å². The highest BCUT2D eigenvalue weighted by molar-refractivity contribution is 7.10. The van der Waals surface area contributed by atoms with E-state index >= 15 is 0 Å². The number of rotatable bonds is 4. The molecule has 2 rings (SSSR count). The first-order valence-electron chi connectivity index (χ1n) is 6.21. The monoisotopic (exact) mass is 253 g/mol. The molecule has 1 aromatic rings. The topological polar surface area (TPSA) is 49.3 Å². The second kappa shape index (κ2) is 6.17. The van der Waals surface area contributed by atoms with E-state index in [4.69, 9.17) is 0 Å². The van der Waals surface area contributed by atoms with Gasteiger partial charge >= 0.3 is 0 Å². The first-order chi connectivity index (χ1) is 8.24. The third-order valence-corrected chi connectivity index (χ3v) is 4.20. The fraction of sp³-hybridized carbons (Fsp3) is 0.615. The number of nitrogens with one attached hydrogen (secondary N) is 1. The van der Waals surface area contributed by atoms with Crippen LogP contribution >= 0.6 is 11.3 Å². The van der Waals surface area contributed by atoms with Crippen molar-refractivity contribution in [2.45, 2.75) is 38.2 Å². The highest BCUT2D eigenvalue weighted by atomic mass is 32.1. The maximum atomic E-state index is 11.7. The van der Waals surface area contributed by atoms with Gasteiger partial charge in [0.25, 0.3) is 0 Å². The summed E-state index contributed by atoms with van der Waals surface area (Å²) in [6, 6.07) is 3.96. The second-order valence-corrected chi connectivity index (χ2v) is 5.77. The van der Waals surface area contributed by atoms with Gasteiger partial charge < -0.3 is 10.4 Å². The molecular formula is C13H19NO2S. The summed E-state index contributed by atoms with van der Waals surface area (Å²) in [5.41, 5.74) is 0. The Morgan fingerprint density at radius 3 is 2.82 bits per heavy atom. The lowest BCUT2D eigenvalue weighted by atomic mass is 9.87. The SMILES string of the molecule is O=C(Cc1cccs1)NCC1CCC(O)CC1. The fourth-order valence-corrected chi connectivity index (χ4v) is 2.94. The predicted octanol–water partition coefficient (Wildman–Crippen LogP) is 1.96. The number of hydrogen-bond acceptors (Lipinski definition) is 3. The van der Waals surface area contributed by atoms with Crippen LogP contribution in [-0.4, -0.2) is 23.7 Å². The first-order valence-corrected chi connectivity index (χ1v) is 7.09. The molecule has 4 heteroatoms. The van der Waals surface area contributed by atoms with Gasteiger partial charge in [0.2, 0.25) is 5.91 Å². The maximum absolute atomic E-state index is 11.7. The van der Waals surface area contributed by atoms with Gasteiger partial charge in [0.15, 0.2) is 0 Å². The molecule has 1 fully saturated rings. The zero-order chi connectivity index (χ0) is 12.1. The standard InChI is InChI=1S/C13H19NO2S/c15-11-5-3-10(4-6-11)9-14-13(16)8-12-2-1-7-17-12/h1-2,7,10-11,15H,3-6,8-9H2,(H,14,16). The molecular weight excluding hydrogens is 234 g/mol. The molecule has 0 radical (unpaired) electrons.